The van der Waals surface area contributed by atoms with Crippen molar-refractivity contribution >= 4 is 23.6 Å². The molecule has 8 heteroatoms. The van der Waals surface area contributed by atoms with Crippen LogP contribution in [0.5, 0.6) is 0 Å². The molecule has 0 radical (unpaired) electrons. The lowest BCUT2D eigenvalue weighted by atomic mass is 10.2. The number of benzene rings is 1. The van der Waals surface area contributed by atoms with E-state index in [4.69, 9.17) is 4.74 Å². The van der Waals surface area contributed by atoms with Crippen LogP contribution < -0.4 is 4.90 Å². The molecule has 0 spiro atoms. The third-order valence-electron chi connectivity index (χ3n) is 4.34. The molecule has 1 aromatic carbocycles. The number of amides is 1. The molecule has 140 valence electrons. The molecule has 0 saturated carbocycles. The number of hydrogen-bond acceptors (Lipinski definition) is 6. The van der Waals surface area contributed by atoms with E-state index in [0.717, 1.165) is 35.4 Å². The lowest BCUT2D eigenvalue weighted by molar-refractivity contribution is -0.127. The fraction of sp³-hybridized carbons (Fsp3) is 0.500. The van der Waals surface area contributed by atoms with E-state index in [1.54, 1.807) is 19.0 Å². The molecule has 2 aromatic rings. The maximum absolute atomic E-state index is 12.3. The number of hydrogen-bond donors (Lipinski definition) is 0. The Hall–Kier alpha value is -2.06. The van der Waals surface area contributed by atoms with Gasteiger partial charge in [0.15, 0.2) is 5.16 Å². The van der Waals surface area contributed by atoms with Crippen molar-refractivity contribution in [1.82, 2.24) is 19.7 Å². The average Bonchev–Trinajstić information content (AvgIpc) is 3.05. The van der Waals surface area contributed by atoms with Gasteiger partial charge in [0.25, 0.3) is 0 Å². The summed E-state index contributed by atoms with van der Waals surface area (Å²) in [5.74, 6) is 0.858. The van der Waals surface area contributed by atoms with Crippen molar-refractivity contribution in [1.29, 1.82) is 0 Å². The minimum atomic E-state index is -0.241. The van der Waals surface area contributed by atoms with Crippen LogP contribution in [-0.4, -0.2) is 71.2 Å². The first-order valence-corrected chi connectivity index (χ1v) is 9.59. The first-order chi connectivity index (χ1) is 12.5. The van der Waals surface area contributed by atoms with Crippen LogP contribution in [0.2, 0.25) is 0 Å². The van der Waals surface area contributed by atoms with Gasteiger partial charge in [-0.15, -0.1) is 10.2 Å². The highest BCUT2D eigenvalue weighted by atomic mass is 32.2. The van der Waals surface area contributed by atoms with Gasteiger partial charge in [0, 0.05) is 27.2 Å². The highest BCUT2D eigenvalue weighted by molar-refractivity contribution is 8.00. The molecule has 1 fully saturated rings. The molecule has 26 heavy (non-hydrogen) atoms. The van der Waals surface area contributed by atoms with Crippen LogP contribution in [0.4, 0.5) is 5.95 Å². The molecule has 1 atom stereocenters. The third-order valence-corrected chi connectivity index (χ3v) is 5.37. The molecular weight excluding hydrogens is 350 g/mol. The highest BCUT2D eigenvalue weighted by Gasteiger charge is 2.25. The molecule has 0 N–H and O–H groups in total. The molecule has 1 amide bonds. The standard InChI is InChI=1S/C18H25N5O2S/c1-13-7-5-6-8-15(13)23-17(22-9-11-25-12-10-22)19-20-18(23)26-14(2)16(24)21(3)4/h5-8,14H,9-12H2,1-4H3/t14-/m1/s1. The van der Waals surface area contributed by atoms with Gasteiger partial charge in [0.2, 0.25) is 11.9 Å². The Morgan fingerprint density at radius 3 is 2.58 bits per heavy atom. The third kappa shape index (κ3) is 3.86. The Balaban J connectivity index is 2.00. The van der Waals surface area contributed by atoms with Crippen LogP contribution in [-0.2, 0) is 9.53 Å². The highest BCUT2D eigenvalue weighted by Crippen LogP contribution is 2.31. The van der Waals surface area contributed by atoms with E-state index in [0.29, 0.717) is 13.2 Å². The second-order valence-corrected chi connectivity index (χ2v) is 7.80. The maximum Gasteiger partial charge on any atom is 0.235 e. The quantitative estimate of drug-likeness (QED) is 0.745. The van der Waals surface area contributed by atoms with Gasteiger partial charge < -0.3 is 14.5 Å². The molecule has 1 aromatic heterocycles. The lowest BCUT2D eigenvalue weighted by Gasteiger charge is -2.28. The van der Waals surface area contributed by atoms with E-state index < -0.39 is 0 Å². The van der Waals surface area contributed by atoms with Gasteiger partial charge in [-0.1, -0.05) is 30.0 Å². The molecule has 1 aliphatic rings. The zero-order chi connectivity index (χ0) is 18.7. The molecular formula is C18H25N5O2S. The zero-order valence-corrected chi connectivity index (χ0v) is 16.5. The van der Waals surface area contributed by atoms with E-state index in [-0.39, 0.29) is 11.2 Å². The number of carbonyl (C=O) groups is 1. The van der Waals surface area contributed by atoms with Crippen LogP contribution in [0.25, 0.3) is 5.69 Å². The topological polar surface area (TPSA) is 63.5 Å². The molecule has 7 nitrogen and oxygen atoms in total. The zero-order valence-electron chi connectivity index (χ0n) is 15.7. The van der Waals surface area contributed by atoms with Crippen molar-refractivity contribution in [3.05, 3.63) is 29.8 Å². The smallest absolute Gasteiger partial charge is 0.235 e. The molecule has 3 rings (SSSR count). The van der Waals surface area contributed by atoms with Gasteiger partial charge in [0.05, 0.1) is 24.2 Å². The molecule has 0 aliphatic carbocycles. The van der Waals surface area contributed by atoms with Crippen molar-refractivity contribution in [2.75, 3.05) is 45.3 Å². The SMILES string of the molecule is Cc1ccccc1-n1c(S[C@H](C)C(=O)N(C)C)nnc1N1CCOCC1. The van der Waals surface area contributed by atoms with Crippen LogP contribution in [0.1, 0.15) is 12.5 Å². The summed E-state index contributed by atoms with van der Waals surface area (Å²) in [6, 6.07) is 8.16. The summed E-state index contributed by atoms with van der Waals surface area (Å²) in [4.78, 5) is 16.1. The normalized spacial score (nSPS) is 15.8. The molecule has 1 aliphatic heterocycles. The first kappa shape index (κ1) is 18.7. The number of para-hydroxylation sites is 1. The van der Waals surface area contributed by atoms with Gasteiger partial charge in [-0.3, -0.25) is 9.36 Å². The lowest BCUT2D eigenvalue weighted by Crippen LogP contribution is -2.38. The Labute approximate surface area is 158 Å². The summed E-state index contributed by atoms with van der Waals surface area (Å²) in [7, 11) is 3.54. The Kier molecular flexibility index (Phi) is 5.83. The number of ether oxygens (including phenoxy) is 1. The fourth-order valence-corrected chi connectivity index (χ4v) is 3.91. The first-order valence-electron chi connectivity index (χ1n) is 8.71. The minimum Gasteiger partial charge on any atom is -0.378 e. The largest absolute Gasteiger partial charge is 0.378 e. The van der Waals surface area contributed by atoms with Crippen LogP contribution >= 0.6 is 11.8 Å². The number of carbonyl (C=O) groups excluding carboxylic acids is 1. The molecule has 1 saturated heterocycles. The van der Waals surface area contributed by atoms with Gasteiger partial charge in [-0.05, 0) is 25.5 Å². The van der Waals surface area contributed by atoms with E-state index in [1.165, 1.54) is 11.8 Å². The number of thioether (sulfide) groups is 1. The molecule has 0 unspecified atom stereocenters. The van der Waals surface area contributed by atoms with Crippen molar-refractivity contribution in [2.24, 2.45) is 0 Å². The summed E-state index contributed by atoms with van der Waals surface area (Å²) in [6.45, 7) is 6.89. The van der Waals surface area contributed by atoms with Gasteiger partial charge >= 0.3 is 0 Å². The number of aromatic nitrogens is 3. The number of morpholine rings is 1. The number of anilines is 1. The van der Waals surface area contributed by atoms with Crippen molar-refractivity contribution in [3.8, 4) is 5.69 Å². The summed E-state index contributed by atoms with van der Waals surface area (Å²) < 4.78 is 7.53. The van der Waals surface area contributed by atoms with Crippen LogP contribution in [0.3, 0.4) is 0 Å². The predicted molar refractivity (Wildman–Crippen MR) is 103 cm³/mol. The van der Waals surface area contributed by atoms with Crippen molar-refractivity contribution in [3.63, 3.8) is 0 Å². The molecule has 2 heterocycles. The maximum atomic E-state index is 12.3. The van der Waals surface area contributed by atoms with E-state index in [2.05, 4.69) is 38.7 Å². The Morgan fingerprint density at radius 1 is 1.23 bits per heavy atom. The van der Waals surface area contributed by atoms with E-state index in [1.807, 2.05) is 19.1 Å². The van der Waals surface area contributed by atoms with Gasteiger partial charge in [-0.25, -0.2) is 0 Å². The van der Waals surface area contributed by atoms with Gasteiger partial charge in [0.1, 0.15) is 0 Å². The van der Waals surface area contributed by atoms with Crippen molar-refractivity contribution in [2.45, 2.75) is 24.3 Å². The summed E-state index contributed by atoms with van der Waals surface area (Å²) >= 11 is 1.44. The summed E-state index contributed by atoms with van der Waals surface area (Å²) in [5.41, 5.74) is 2.17. The van der Waals surface area contributed by atoms with Gasteiger partial charge in [-0.2, -0.15) is 0 Å². The Bertz CT molecular complexity index is 771. The monoisotopic (exact) mass is 375 g/mol. The second-order valence-electron chi connectivity index (χ2n) is 6.50. The summed E-state index contributed by atoms with van der Waals surface area (Å²) in [5, 5.41) is 9.35. The van der Waals surface area contributed by atoms with E-state index >= 15 is 0 Å². The minimum absolute atomic E-state index is 0.0576. The van der Waals surface area contributed by atoms with Crippen LogP contribution in [0, 0.1) is 6.92 Å². The number of nitrogens with zero attached hydrogens (tertiary/aromatic N) is 5. The number of aryl methyl sites for hydroxylation is 1. The molecule has 0 bridgehead atoms. The fourth-order valence-electron chi connectivity index (χ4n) is 2.90. The predicted octanol–water partition coefficient (Wildman–Crippen LogP) is 1.98. The van der Waals surface area contributed by atoms with Crippen molar-refractivity contribution < 1.29 is 9.53 Å². The summed E-state index contributed by atoms with van der Waals surface area (Å²) in [6.07, 6.45) is 0. The van der Waals surface area contributed by atoms with Crippen LogP contribution in [0.15, 0.2) is 29.4 Å². The Morgan fingerprint density at radius 2 is 1.92 bits per heavy atom. The van der Waals surface area contributed by atoms with E-state index in [9.17, 15) is 4.79 Å². The second kappa shape index (κ2) is 8.09. The number of rotatable bonds is 5. The average molecular weight is 375 g/mol.